The summed E-state index contributed by atoms with van der Waals surface area (Å²) in [4.78, 5) is 0.203. The van der Waals surface area contributed by atoms with Crippen LogP contribution in [0.4, 0.5) is 4.39 Å². The van der Waals surface area contributed by atoms with Crippen molar-refractivity contribution in [2.24, 2.45) is 5.92 Å². The molecule has 0 spiro atoms. The van der Waals surface area contributed by atoms with Crippen molar-refractivity contribution in [1.29, 1.82) is 0 Å². The summed E-state index contributed by atoms with van der Waals surface area (Å²) in [6.07, 6.45) is 4.84. The molecule has 3 atom stereocenters. The van der Waals surface area contributed by atoms with Crippen LogP contribution in [0.1, 0.15) is 22.6 Å². The molecule has 10 heteroatoms. The van der Waals surface area contributed by atoms with E-state index in [9.17, 15) is 12.8 Å². The molecule has 7 rings (SSSR count). The van der Waals surface area contributed by atoms with E-state index in [4.69, 9.17) is 4.74 Å². The number of nitrogens with zero attached hydrogens (tertiary/aromatic N) is 5. The minimum Gasteiger partial charge on any atom is -0.383 e. The summed E-state index contributed by atoms with van der Waals surface area (Å²) in [5.41, 5.74) is 4.81. The Bertz CT molecular complexity index is 1850. The standard InChI is InChI=1S/C31H30FN5O3S/c1-21-14-29-23(16-34-37(29)25-10-8-24(32)9-11-25)15-27(21)31-20-36(19-28(31)30(31)22-6-4-3-5-7-22)41(38,39)26-17-33-35(18-26)12-13-40-2/h3-11,14-18,28,30H,12-13,19-20H2,1-2H3/t28-,30-,31+/m1/s1. The Hall–Kier alpha value is -3.86. The number of piperidine rings is 1. The third-order valence-electron chi connectivity index (χ3n) is 8.77. The molecule has 210 valence electrons. The average molecular weight is 572 g/mol. The van der Waals surface area contributed by atoms with Crippen LogP contribution in [0, 0.1) is 18.7 Å². The van der Waals surface area contributed by atoms with Crippen LogP contribution >= 0.6 is 0 Å². The van der Waals surface area contributed by atoms with Crippen molar-refractivity contribution in [3.8, 4) is 5.69 Å². The van der Waals surface area contributed by atoms with Crippen LogP contribution in [-0.2, 0) is 26.7 Å². The molecular formula is C31H30FN5O3S. The molecule has 3 heterocycles. The summed E-state index contributed by atoms with van der Waals surface area (Å²) in [6, 6.07) is 20.9. The third kappa shape index (κ3) is 4.12. The highest BCUT2D eigenvalue weighted by molar-refractivity contribution is 7.89. The second kappa shape index (κ2) is 9.61. The first kappa shape index (κ1) is 26.1. The number of methoxy groups -OCH3 is 1. The number of sulfonamides is 1. The maximum atomic E-state index is 13.8. The lowest BCUT2D eigenvalue weighted by Crippen LogP contribution is -2.34. The van der Waals surface area contributed by atoms with E-state index in [1.54, 1.807) is 34.4 Å². The first-order chi connectivity index (χ1) is 19.8. The van der Waals surface area contributed by atoms with E-state index >= 15 is 0 Å². The molecule has 0 radical (unpaired) electrons. The molecule has 2 fully saturated rings. The molecule has 2 aliphatic rings. The number of aromatic nitrogens is 4. The normalized spacial score (nSPS) is 22.3. The van der Waals surface area contributed by atoms with Gasteiger partial charge in [-0.15, -0.1) is 0 Å². The highest BCUT2D eigenvalue weighted by Gasteiger charge is 2.71. The van der Waals surface area contributed by atoms with Gasteiger partial charge >= 0.3 is 0 Å². The van der Waals surface area contributed by atoms with Gasteiger partial charge in [0, 0.05) is 43.1 Å². The van der Waals surface area contributed by atoms with Gasteiger partial charge in [-0.1, -0.05) is 30.3 Å². The van der Waals surface area contributed by atoms with Crippen molar-refractivity contribution in [2.45, 2.75) is 29.7 Å². The number of fused-ring (bicyclic) bond motifs is 2. The fourth-order valence-corrected chi connectivity index (χ4v) is 8.28. The Morgan fingerprint density at radius 3 is 2.59 bits per heavy atom. The molecule has 8 nitrogen and oxygen atoms in total. The smallest absolute Gasteiger partial charge is 0.246 e. The first-order valence-electron chi connectivity index (χ1n) is 13.6. The number of hydrogen-bond donors (Lipinski definition) is 0. The van der Waals surface area contributed by atoms with Crippen LogP contribution in [-0.4, -0.2) is 59.1 Å². The molecule has 3 aromatic carbocycles. The van der Waals surface area contributed by atoms with Crippen LogP contribution in [0.5, 0.6) is 0 Å². The highest BCUT2D eigenvalue weighted by atomic mass is 32.2. The zero-order valence-corrected chi connectivity index (χ0v) is 23.6. The van der Waals surface area contributed by atoms with Crippen molar-refractivity contribution in [2.75, 3.05) is 26.8 Å². The molecule has 1 saturated carbocycles. The van der Waals surface area contributed by atoms with Crippen molar-refractivity contribution in [3.63, 3.8) is 0 Å². The Labute approximate surface area is 238 Å². The van der Waals surface area contributed by atoms with Gasteiger partial charge in [-0.2, -0.15) is 14.5 Å². The molecular weight excluding hydrogens is 541 g/mol. The summed E-state index contributed by atoms with van der Waals surface area (Å²) in [5.74, 6) is 0.0620. The van der Waals surface area contributed by atoms with E-state index in [-0.39, 0.29) is 28.0 Å². The molecule has 0 bridgehead atoms. The highest BCUT2D eigenvalue weighted by Crippen LogP contribution is 2.70. The lowest BCUT2D eigenvalue weighted by atomic mass is 9.87. The quantitative estimate of drug-likeness (QED) is 0.270. The molecule has 1 aliphatic heterocycles. The summed E-state index contributed by atoms with van der Waals surface area (Å²) in [5, 5.41) is 9.81. The third-order valence-corrected chi connectivity index (χ3v) is 10.5. The van der Waals surface area contributed by atoms with Gasteiger partial charge in [0.1, 0.15) is 10.7 Å². The Kier molecular flexibility index (Phi) is 6.11. The minimum atomic E-state index is -3.73. The maximum Gasteiger partial charge on any atom is 0.246 e. The van der Waals surface area contributed by atoms with Gasteiger partial charge in [-0.3, -0.25) is 4.68 Å². The van der Waals surface area contributed by atoms with Gasteiger partial charge in [0.2, 0.25) is 10.0 Å². The Morgan fingerprint density at radius 1 is 1.05 bits per heavy atom. The summed E-state index contributed by atoms with van der Waals surface area (Å²) >= 11 is 0. The predicted octanol–water partition coefficient (Wildman–Crippen LogP) is 4.67. The van der Waals surface area contributed by atoms with Crippen molar-refractivity contribution in [1.82, 2.24) is 23.9 Å². The summed E-state index contributed by atoms with van der Waals surface area (Å²) in [6.45, 7) is 3.85. The van der Waals surface area contributed by atoms with Crippen LogP contribution in [0.15, 0.2) is 90.2 Å². The summed E-state index contributed by atoms with van der Waals surface area (Å²) in [7, 11) is -2.12. The number of benzene rings is 3. The lowest BCUT2D eigenvalue weighted by molar-refractivity contribution is 0.183. The van der Waals surface area contributed by atoms with Gasteiger partial charge in [0.05, 0.1) is 36.7 Å². The molecule has 1 aliphatic carbocycles. The molecule has 0 N–H and O–H groups in total. The average Bonchev–Trinajstić information content (AvgIpc) is 3.43. The Morgan fingerprint density at radius 2 is 1.83 bits per heavy atom. The lowest BCUT2D eigenvalue weighted by Gasteiger charge is -2.25. The monoisotopic (exact) mass is 571 g/mol. The largest absolute Gasteiger partial charge is 0.383 e. The van der Waals surface area contributed by atoms with Crippen LogP contribution in [0.3, 0.4) is 0 Å². The van der Waals surface area contributed by atoms with Crippen molar-refractivity contribution < 1.29 is 17.5 Å². The van der Waals surface area contributed by atoms with Crippen LogP contribution < -0.4 is 0 Å². The van der Waals surface area contributed by atoms with E-state index < -0.39 is 10.0 Å². The van der Waals surface area contributed by atoms with E-state index in [0.29, 0.717) is 26.2 Å². The van der Waals surface area contributed by atoms with Gasteiger partial charge < -0.3 is 4.74 Å². The maximum absolute atomic E-state index is 13.8. The van der Waals surface area contributed by atoms with E-state index in [2.05, 4.69) is 41.4 Å². The molecule has 0 amide bonds. The van der Waals surface area contributed by atoms with Crippen LogP contribution in [0.25, 0.3) is 16.6 Å². The molecule has 2 aromatic heterocycles. The second-order valence-electron chi connectivity index (χ2n) is 11.0. The van der Waals surface area contributed by atoms with Crippen molar-refractivity contribution >= 4 is 20.9 Å². The summed E-state index contributed by atoms with van der Waals surface area (Å²) < 4.78 is 51.3. The van der Waals surface area contributed by atoms with Crippen LogP contribution in [0.2, 0.25) is 0 Å². The minimum absolute atomic E-state index is 0.145. The zero-order chi connectivity index (χ0) is 28.4. The van der Waals surface area contributed by atoms with Crippen molar-refractivity contribution in [3.05, 3.63) is 108 Å². The number of ether oxygens (including phenoxy) is 1. The van der Waals surface area contributed by atoms with E-state index in [0.717, 1.165) is 27.7 Å². The predicted molar refractivity (Wildman–Crippen MR) is 153 cm³/mol. The Balaban J connectivity index is 1.28. The SMILES string of the molecule is COCCn1cc(S(=O)(=O)N2C[C@@H]3[C@@H](c4ccccc4)[C@]3(c3cc4cnn(-c5ccc(F)cc5)c4cc3C)C2)cn1. The molecule has 0 unspecified atom stereocenters. The van der Waals surface area contributed by atoms with Gasteiger partial charge in [0.15, 0.2) is 0 Å². The van der Waals surface area contributed by atoms with Gasteiger partial charge in [0.25, 0.3) is 0 Å². The first-order valence-corrected chi connectivity index (χ1v) is 15.1. The fourth-order valence-electron chi connectivity index (χ4n) is 6.81. The number of rotatable bonds is 8. The van der Waals surface area contributed by atoms with Gasteiger partial charge in [-0.05, 0) is 65.9 Å². The topological polar surface area (TPSA) is 82.3 Å². The fraction of sp³-hybridized carbons (Fsp3) is 0.290. The molecule has 1 saturated heterocycles. The van der Waals surface area contributed by atoms with Gasteiger partial charge in [-0.25, -0.2) is 17.5 Å². The zero-order valence-electron chi connectivity index (χ0n) is 22.8. The number of aryl methyl sites for hydroxylation is 1. The van der Waals surface area contributed by atoms with E-state index in [1.807, 2.05) is 29.1 Å². The number of halogens is 1. The second-order valence-corrected chi connectivity index (χ2v) is 13.0. The molecule has 5 aromatic rings. The number of hydrogen-bond acceptors (Lipinski definition) is 5. The van der Waals surface area contributed by atoms with E-state index in [1.165, 1.54) is 23.9 Å². The molecule has 41 heavy (non-hydrogen) atoms.